The minimum absolute atomic E-state index is 0.0571. The molecule has 0 unspecified atom stereocenters. The van der Waals surface area contributed by atoms with Gasteiger partial charge in [-0.3, -0.25) is 14.9 Å². The van der Waals surface area contributed by atoms with Crippen molar-refractivity contribution in [1.29, 1.82) is 0 Å². The fraction of sp³-hybridized carbons (Fsp3) is 0.556. The predicted molar refractivity (Wildman–Crippen MR) is 101 cm³/mol. The van der Waals surface area contributed by atoms with E-state index in [0.29, 0.717) is 0 Å². The van der Waals surface area contributed by atoms with Gasteiger partial charge in [0.1, 0.15) is 4.90 Å². The minimum Gasteiger partial charge on any atom is -0.452 e. The lowest BCUT2D eigenvalue weighted by atomic mass is 9.97. The summed E-state index contributed by atoms with van der Waals surface area (Å²) in [6, 6.07) is 3.00. The summed E-state index contributed by atoms with van der Waals surface area (Å²) in [6.45, 7) is -0.503. The van der Waals surface area contributed by atoms with Crippen molar-refractivity contribution in [2.75, 3.05) is 12.9 Å². The highest BCUT2D eigenvalue weighted by Crippen LogP contribution is 2.25. The zero-order valence-corrected chi connectivity index (χ0v) is 16.5. The number of rotatable bonds is 6. The van der Waals surface area contributed by atoms with E-state index in [9.17, 15) is 28.1 Å². The molecule has 1 aromatic carbocycles. The number of carbonyl (C=O) groups is 2. The van der Waals surface area contributed by atoms with Gasteiger partial charge in [-0.25, -0.2) is 13.2 Å². The summed E-state index contributed by atoms with van der Waals surface area (Å²) in [5.41, 5.74) is -0.909. The Labute approximate surface area is 163 Å². The third-order valence-corrected chi connectivity index (χ3v) is 5.74. The van der Waals surface area contributed by atoms with Crippen LogP contribution in [0.4, 0.5) is 5.69 Å². The van der Waals surface area contributed by atoms with Gasteiger partial charge in [-0.05, 0) is 25.0 Å². The Morgan fingerprint density at radius 3 is 2.36 bits per heavy atom. The van der Waals surface area contributed by atoms with Crippen molar-refractivity contribution in [3.05, 3.63) is 33.9 Å². The van der Waals surface area contributed by atoms with Crippen LogP contribution in [-0.4, -0.2) is 44.1 Å². The summed E-state index contributed by atoms with van der Waals surface area (Å²) in [7, 11) is -3.83. The molecule has 2 rings (SSSR count). The van der Waals surface area contributed by atoms with E-state index in [-0.39, 0.29) is 11.6 Å². The molecule has 1 aliphatic rings. The van der Waals surface area contributed by atoms with Crippen LogP contribution >= 0.6 is 0 Å². The van der Waals surface area contributed by atoms with Gasteiger partial charge in [0.05, 0.1) is 10.5 Å². The standard InChI is InChI=1S/C18H24N2O7S/c1-28(25,26)16-10-9-13(11-15(16)20(23)24)18(22)27-12-17(21)19-14-7-5-3-2-4-6-8-14/h9-11,14H,2-8,12H2,1H3,(H,19,21). The number of nitro groups is 1. The van der Waals surface area contributed by atoms with E-state index in [1.165, 1.54) is 6.42 Å². The number of nitrogens with one attached hydrogen (secondary N) is 1. The number of hydrogen-bond acceptors (Lipinski definition) is 7. The number of nitrogens with zero attached hydrogens (tertiary/aromatic N) is 1. The maximum Gasteiger partial charge on any atom is 0.338 e. The average Bonchev–Trinajstić information content (AvgIpc) is 2.60. The van der Waals surface area contributed by atoms with Crippen molar-refractivity contribution in [3.63, 3.8) is 0 Å². The molecule has 0 atom stereocenters. The molecule has 1 saturated carbocycles. The van der Waals surface area contributed by atoms with Crippen molar-refractivity contribution in [2.45, 2.75) is 55.9 Å². The van der Waals surface area contributed by atoms with Gasteiger partial charge >= 0.3 is 5.97 Å². The highest BCUT2D eigenvalue weighted by molar-refractivity contribution is 7.90. The van der Waals surface area contributed by atoms with Gasteiger partial charge in [-0.15, -0.1) is 0 Å². The predicted octanol–water partition coefficient (Wildman–Crippen LogP) is 2.38. The summed E-state index contributed by atoms with van der Waals surface area (Å²) >= 11 is 0. The molecule has 0 aromatic heterocycles. The van der Waals surface area contributed by atoms with Crippen LogP contribution in [0.1, 0.15) is 55.3 Å². The first kappa shape index (κ1) is 21.8. The fourth-order valence-electron chi connectivity index (χ4n) is 3.18. The smallest absolute Gasteiger partial charge is 0.338 e. The summed E-state index contributed by atoms with van der Waals surface area (Å²) in [5, 5.41) is 14.0. The second kappa shape index (κ2) is 9.63. The fourth-order valence-corrected chi connectivity index (χ4v) is 4.01. The first-order valence-electron chi connectivity index (χ1n) is 9.13. The van der Waals surface area contributed by atoms with Gasteiger partial charge in [0.25, 0.3) is 11.6 Å². The van der Waals surface area contributed by atoms with Gasteiger partial charge in [-0.2, -0.15) is 0 Å². The van der Waals surface area contributed by atoms with Crippen LogP contribution in [0.3, 0.4) is 0 Å². The second-order valence-electron chi connectivity index (χ2n) is 6.90. The number of esters is 1. The lowest BCUT2D eigenvalue weighted by Crippen LogP contribution is -2.38. The maximum absolute atomic E-state index is 12.1. The third-order valence-electron chi connectivity index (χ3n) is 4.60. The van der Waals surface area contributed by atoms with E-state index in [4.69, 9.17) is 4.74 Å². The van der Waals surface area contributed by atoms with Crippen molar-refractivity contribution >= 4 is 27.4 Å². The summed E-state index contributed by atoms with van der Waals surface area (Å²) in [5.74, 6) is -1.36. The largest absolute Gasteiger partial charge is 0.452 e. The highest BCUT2D eigenvalue weighted by atomic mass is 32.2. The number of nitro benzene ring substituents is 1. The van der Waals surface area contributed by atoms with Crippen molar-refractivity contribution in [1.82, 2.24) is 5.32 Å². The monoisotopic (exact) mass is 412 g/mol. The molecule has 0 radical (unpaired) electrons. The van der Waals surface area contributed by atoms with Crippen LogP contribution in [0.15, 0.2) is 23.1 Å². The molecule has 1 fully saturated rings. The van der Waals surface area contributed by atoms with E-state index < -0.39 is 43.8 Å². The molecule has 9 nitrogen and oxygen atoms in total. The van der Waals surface area contributed by atoms with Crippen molar-refractivity contribution in [2.24, 2.45) is 0 Å². The topological polar surface area (TPSA) is 133 Å². The molecular formula is C18H24N2O7S. The summed E-state index contributed by atoms with van der Waals surface area (Å²) < 4.78 is 28.2. The Morgan fingerprint density at radius 1 is 1.18 bits per heavy atom. The maximum atomic E-state index is 12.1. The van der Waals surface area contributed by atoms with Gasteiger partial charge in [0.15, 0.2) is 16.4 Å². The number of sulfone groups is 1. The second-order valence-corrected chi connectivity index (χ2v) is 8.88. The number of amides is 1. The SMILES string of the molecule is CS(=O)(=O)c1ccc(C(=O)OCC(=O)NC2CCCCCCC2)cc1[N+](=O)[O-]. The Morgan fingerprint density at radius 2 is 1.79 bits per heavy atom. The van der Waals surface area contributed by atoms with Crippen LogP contribution in [0.2, 0.25) is 0 Å². The molecule has 10 heteroatoms. The lowest BCUT2D eigenvalue weighted by Gasteiger charge is -2.20. The molecule has 1 aromatic rings. The summed E-state index contributed by atoms with van der Waals surface area (Å²) in [4.78, 5) is 33.9. The number of benzene rings is 1. The lowest BCUT2D eigenvalue weighted by molar-refractivity contribution is -0.387. The molecule has 0 aliphatic heterocycles. The zero-order valence-electron chi connectivity index (χ0n) is 15.7. The molecule has 1 N–H and O–H groups in total. The average molecular weight is 412 g/mol. The van der Waals surface area contributed by atoms with E-state index in [1.807, 2.05) is 0 Å². The molecule has 28 heavy (non-hydrogen) atoms. The normalized spacial score (nSPS) is 15.9. The van der Waals surface area contributed by atoms with Crippen molar-refractivity contribution < 1.29 is 27.7 Å². The Balaban J connectivity index is 1.97. The van der Waals surface area contributed by atoms with Gasteiger partial charge < -0.3 is 10.1 Å². The third kappa shape index (κ3) is 6.29. The molecular weight excluding hydrogens is 388 g/mol. The molecule has 0 heterocycles. The molecule has 154 valence electrons. The Hall–Kier alpha value is -2.49. The van der Waals surface area contributed by atoms with E-state index in [2.05, 4.69) is 5.32 Å². The minimum atomic E-state index is -3.83. The molecule has 1 aliphatic carbocycles. The number of carbonyl (C=O) groups excluding carboxylic acids is 2. The number of hydrogen-bond donors (Lipinski definition) is 1. The quantitative estimate of drug-likeness (QED) is 0.431. The van der Waals surface area contributed by atoms with Gasteiger partial charge in [0.2, 0.25) is 0 Å². The van der Waals surface area contributed by atoms with Crippen LogP contribution in [0.25, 0.3) is 0 Å². The summed E-state index contributed by atoms with van der Waals surface area (Å²) in [6.07, 6.45) is 8.20. The molecule has 0 bridgehead atoms. The Bertz CT molecular complexity index is 843. The molecule has 1 amide bonds. The van der Waals surface area contributed by atoms with Crippen LogP contribution in [0.5, 0.6) is 0 Å². The first-order valence-corrected chi connectivity index (χ1v) is 11.0. The molecule has 0 spiro atoms. The molecule has 0 saturated heterocycles. The van der Waals surface area contributed by atoms with Crippen LogP contribution < -0.4 is 5.32 Å². The Kier molecular flexibility index (Phi) is 7.50. The first-order chi connectivity index (χ1) is 13.2. The van der Waals surface area contributed by atoms with E-state index in [1.54, 1.807) is 0 Å². The van der Waals surface area contributed by atoms with Gasteiger partial charge in [0, 0.05) is 18.4 Å². The zero-order chi connectivity index (χ0) is 20.7. The highest BCUT2D eigenvalue weighted by Gasteiger charge is 2.25. The van der Waals surface area contributed by atoms with Crippen LogP contribution in [0, 0.1) is 10.1 Å². The van der Waals surface area contributed by atoms with E-state index in [0.717, 1.165) is 63.0 Å². The van der Waals surface area contributed by atoms with Gasteiger partial charge in [-0.1, -0.05) is 32.1 Å². The van der Waals surface area contributed by atoms with Crippen LogP contribution in [-0.2, 0) is 19.4 Å². The number of ether oxygens (including phenoxy) is 1. The van der Waals surface area contributed by atoms with E-state index >= 15 is 0 Å². The van der Waals surface area contributed by atoms with Crippen molar-refractivity contribution in [3.8, 4) is 0 Å².